The molecule has 1 heterocycles. The Balaban J connectivity index is 0.00000147. The van der Waals surface area contributed by atoms with Crippen molar-refractivity contribution >= 4 is 18.1 Å². The number of nitrogen functional groups attached to an aromatic ring is 1. The van der Waals surface area contributed by atoms with Gasteiger partial charge in [0.1, 0.15) is 5.75 Å². The molecule has 3 rings (SSSR count). The zero-order valence-electron chi connectivity index (χ0n) is 10.3. The van der Waals surface area contributed by atoms with E-state index < -0.39 is 0 Å². The van der Waals surface area contributed by atoms with E-state index in [0.717, 1.165) is 11.1 Å². The summed E-state index contributed by atoms with van der Waals surface area (Å²) in [6, 6.07) is 12.8. The van der Waals surface area contributed by atoms with Gasteiger partial charge in [-0.05, 0) is 28.1 Å². The Bertz CT molecular complexity index is 715. The van der Waals surface area contributed by atoms with Gasteiger partial charge in [-0.2, -0.15) is 0 Å². The first kappa shape index (κ1) is 13.8. The quantitative estimate of drug-likeness (QED) is 0.496. The van der Waals surface area contributed by atoms with Gasteiger partial charge in [0.25, 0.3) is 0 Å². The van der Waals surface area contributed by atoms with Gasteiger partial charge in [-0.1, -0.05) is 30.3 Å². The van der Waals surface area contributed by atoms with E-state index in [4.69, 9.17) is 5.73 Å². The zero-order valence-corrected chi connectivity index (χ0v) is 11.1. The minimum absolute atomic E-state index is 0. The van der Waals surface area contributed by atoms with Crippen molar-refractivity contribution in [2.24, 2.45) is 0 Å². The van der Waals surface area contributed by atoms with E-state index in [1.165, 1.54) is 0 Å². The number of benzene rings is 2. The molecule has 0 aliphatic carbocycles. The van der Waals surface area contributed by atoms with Gasteiger partial charge in [0.15, 0.2) is 5.82 Å². The number of nitrogens with two attached hydrogens (primary N) is 1. The predicted molar refractivity (Wildman–Crippen MR) is 78.4 cm³/mol. The van der Waals surface area contributed by atoms with Crippen LogP contribution in [-0.2, 0) is 0 Å². The third-order valence-corrected chi connectivity index (χ3v) is 2.86. The molecule has 0 saturated carbocycles. The van der Waals surface area contributed by atoms with Crippen molar-refractivity contribution in [2.75, 3.05) is 5.73 Å². The smallest absolute Gasteiger partial charge is 0.179 e. The summed E-state index contributed by atoms with van der Waals surface area (Å²) < 4.78 is 0. The Morgan fingerprint density at radius 3 is 2.55 bits per heavy atom. The van der Waals surface area contributed by atoms with Crippen molar-refractivity contribution in [3.8, 4) is 28.3 Å². The van der Waals surface area contributed by atoms with Gasteiger partial charge in [0.05, 0.1) is 5.69 Å². The first-order chi connectivity index (χ1) is 9.25. The minimum Gasteiger partial charge on any atom is -0.505 e. The monoisotopic (exact) mass is 289 g/mol. The minimum atomic E-state index is 0. The van der Waals surface area contributed by atoms with Crippen molar-refractivity contribution in [2.45, 2.75) is 0 Å². The number of anilines is 1. The molecule has 6 nitrogen and oxygen atoms in total. The number of aromatic amines is 1. The second-order valence-corrected chi connectivity index (χ2v) is 4.07. The van der Waals surface area contributed by atoms with E-state index in [1.54, 1.807) is 12.1 Å². The number of phenols is 1. The lowest BCUT2D eigenvalue weighted by Gasteiger charge is -2.07. The molecule has 0 amide bonds. The van der Waals surface area contributed by atoms with Gasteiger partial charge in [-0.3, -0.25) is 0 Å². The van der Waals surface area contributed by atoms with Crippen molar-refractivity contribution in [3.05, 3.63) is 42.5 Å². The molecule has 0 spiro atoms. The van der Waals surface area contributed by atoms with Crippen LogP contribution >= 0.6 is 12.4 Å². The first-order valence-corrected chi connectivity index (χ1v) is 5.67. The third kappa shape index (κ3) is 2.41. The number of rotatable bonds is 2. The molecule has 0 bridgehead atoms. The Morgan fingerprint density at radius 1 is 1.05 bits per heavy atom. The summed E-state index contributed by atoms with van der Waals surface area (Å²) in [5, 5.41) is 23.6. The van der Waals surface area contributed by atoms with Gasteiger partial charge in [-0.25, -0.2) is 5.10 Å². The fourth-order valence-electron chi connectivity index (χ4n) is 1.91. The lowest BCUT2D eigenvalue weighted by Crippen LogP contribution is -1.88. The van der Waals surface area contributed by atoms with Gasteiger partial charge < -0.3 is 10.8 Å². The van der Waals surface area contributed by atoms with Gasteiger partial charge in [0, 0.05) is 11.1 Å². The van der Waals surface area contributed by atoms with Crippen LogP contribution in [0.25, 0.3) is 22.5 Å². The number of nitrogens with one attached hydrogen (secondary N) is 1. The lowest BCUT2D eigenvalue weighted by molar-refractivity contribution is 0.480. The van der Waals surface area contributed by atoms with Crippen LogP contribution in [0.3, 0.4) is 0 Å². The SMILES string of the molecule is Cl.Nc1cccc(-c2cccc(-c3nnn[nH]3)c2)c1O. The van der Waals surface area contributed by atoms with E-state index in [1.807, 2.05) is 30.3 Å². The van der Waals surface area contributed by atoms with Crippen molar-refractivity contribution in [3.63, 3.8) is 0 Å². The normalized spacial score (nSPS) is 10.0. The van der Waals surface area contributed by atoms with Crippen LogP contribution in [0.5, 0.6) is 5.75 Å². The van der Waals surface area contributed by atoms with Crippen LogP contribution in [0.1, 0.15) is 0 Å². The summed E-state index contributed by atoms with van der Waals surface area (Å²) in [4.78, 5) is 0. The maximum absolute atomic E-state index is 10.00. The predicted octanol–water partition coefficient (Wildman–Crippen LogP) is 2.24. The lowest BCUT2D eigenvalue weighted by atomic mass is 10.0. The molecule has 0 unspecified atom stereocenters. The molecule has 0 aliphatic heterocycles. The molecule has 4 N–H and O–H groups in total. The number of tetrazole rings is 1. The van der Waals surface area contributed by atoms with E-state index >= 15 is 0 Å². The maximum Gasteiger partial charge on any atom is 0.179 e. The number of nitrogens with zero attached hydrogens (tertiary/aromatic N) is 3. The summed E-state index contributed by atoms with van der Waals surface area (Å²) in [6.45, 7) is 0. The molecular formula is C13H12ClN5O. The van der Waals surface area contributed by atoms with Crippen LogP contribution in [0.2, 0.25) is 0 Å². The number of H-pyrrole nitrogens is 1. The molecule has 1 aromatic heterocycles. The Labute approximate surface area is 121 Å². The van der Waals surface area contributed by atoms with Crippen LogP contribution in [-0.4, -0.2) is 25.7 Å². The van der Waals surface area contributed by atoms with Crippen LogP contribution in [0, 0.1) is 0 Å². The van der Waals surface area contributed by atoms with E-state index in [0.29, 0.717) is 17.1 Å². The molecule has 3 aromatic rings. The molecule has 102 valence electrons. The molecule has 0 fully saturated rings. The highest BCUT2D eigenvalue weighted by atomic mass is 35.5. The largest absolute Gasteiger partial charge is 0.505 e. The summed E-state index contributed by atoms with van der Waals surface area (Å²) in [5.74, 6) is 0.653. The highest BCUT2D eigenvalue weighted by molar-refractivity contribution is 5.85. The van der Waals surface area contributed by atoms with E-state index in [-0.39, 0.29) is 18.2 Å². The Kier molecular flexibility index (Phi) is 3.86. The zero-order chi connectivity index (χ0) is 13.2. The van der Waals surface area contributed by atoms with Gasteiger partial charge in [-0.15, -0.1) is 17.5 Å². The number of phenolic OH excluding ortho intramolecular Hbond substituents is 1. The summed E-state index contributed by atoms with van der Waals surface area (Å²) >= 11 is 0. The summed E-state index contributed by atoms with van der Waals surface area (Å²) in [5.41, 5.74) is 8.41. The van der Waals surface area contributed by atoms with Crippen LogP contribution in [0.4, 0.5) is 5.69 Å². The van der Waals surface area contributed by atoms with Crippen LogP contribution in [0.15, 0.2) is 42.5 Å². The summed E-state index contributed by atoms with van der Waals surface area (Å²) in [6.07, 6.45) is 0. The Hall–Kier alpha value is -2.60. The topological polar surface area (TPSA) is 101 Å². The van der Waals surface area contributed by atoms with E-state index in [9.17, 15) is 5.11 Å². The average Bonchev–Trinajstić information content (AvgIpc) is 2.96. The maximum atomic E-state index is 10.00. The number of aromatic hydroxyl groups is 1. The van der Waals surface area contributed by atoms with Crippen molar-refractivity contribution in [1.29, 1.82) is 0 Å². The van der Waals surface area contributed by atoms with Crippen molar-refractivity contribution < 1.29 is 5.11 Å². The molecule has 20 heavy (non-hydrogen) atoms. The van der Waals surface area contributed by atoms with Gasteiger partial charge in [0.2, 0.25) is 0 Å². The average molecular weight is 290 g/mol. The number of aromatic nitrogens is 4. The molecule has 0 saturated heterocycles. The van der Waals surface area contributed by atoms with Crippen molar-refractivity contribution in [1.82, 2.24) is 20.6 Å². The molecule has 0 radical (unpaired) electrons. The summed E-state index contributed by atoms with van der Waals surface area (Å²) in [7, 11) is 0. The standard InChI is InChI=1S/C13H11N5O.ClH/c14-11-6-2-5-10(12(11)19)8-3-1-4-9(7-8)13-15-17-18-16-13;/h1-7,19H,14H2,(H,15,16,17,18);1H. The van der Waals surface area contributed by atoms with E-state index in [2.05, 4.69) is 20.6 Å². The van der Waals surface area contributed by atoms with Crippen LogP contribution < -0.4 is 5.73 Å². The molecule has 2 aromatic carbocycles. The molecular weight excluding hydrogens is 278 g/mol. The molecule has 0 aliphatic rings. The second-order valence-electron chi connectivity index (χ2n) is 4.07. The fraction of sp³-hybridized carbons (Fsp3) is 0. The Morgan fingerprint density at radius 2 is 1.80 bits per heavy atom. The second kappa shape index (κ2) is 5.58. The third-order valence-electron chi connectivity index (χ3n) is 2.86. The number of hydrogen-bond donors (Lipinski definition) is 3. The number of hydrogen-bond acceptors (Lipinski definition) is 5. The highest BCUT2D eigenvalue weighted by Crippen LogP contribution is 2.34. The molecule has 7 heteroatoms. The first-order valence-electron chi connectivity index (χ1n) is 5.67. The molecule has 0 atom stereocenters. The highest BCUT2D eigenvalue weighted by Gasteiger charge is 2.09. The van der Waals surface area contributed by atoms with Gasteiger partial charge >= 0.3 is 0 Å². The fourth-order valence-corrected chi connectivity index (χ4v) is 1.91. The number of para-hydroxylation sites is 1. The number of halogens is 1.